The lowest BCUT2D eigenvalue weighted by Crippen LogP contribution is -2.57. The van der Waals surface area contributed by atoms with E-state index in [0.29, 0.717) is 38.4 Å². The number of carbonyl (C=O) groups is 3. The van der Waals surface area contributed by atoms with E-state index in [2.05, 4.69) is 22.5 Å². The van der Waals surface area contributed by atoms with Crippen LogP contribution < -0.4 is 10.6 Å². The number of morpholine rings is 1. The molecule has 0 aromatic heterocycles. The molecule has 0 saturated carbocycles. The minimum Gasteiger partial charge on any atom is -0.396 e. The Morgan fingerprint density at radius 2 is 1.92 bits per heavy atom. The molecular formula is C26H36N4O5S. The maximum atomic E-state index is 13.9. The van der Waals surface area contributed by atoms with Crippen LogP contribution >= 0.6 is 11.8 Å². The molecule has 4 aliphatic rings. The number of thioether (sulfide) groups is 1. The Balaban J connectivity index is 1.37. The fourth-order valence-electron chi connectivity index (χ4n) is 6.61. The van der Waals surface area contributed by atoms with Gasteiger partial charge in [-0.15, -0.1) is 11.8 Å². The zero-order valence-corrected chi connectivity index (χ0v) is 21.5. The molecule has 4 fully saturated rings. The van der Waals surface area contributed by atoms with Gasteiger partial charge in [0.15, 0.2) is 0 Å². The number of hydrogen-bond donors (Lipinski definition) is 3. The van der Waals surface area contributed by atoms with Gasteiger partial charge < -0.3 is 25.4 Å². The number of anilines is 1. The first-order chi connectivity index (χ1) is 17.5. The topological polar surface area (TPSA) is 111 Å². The summed E-state index contributed by atoms with van der Waals surface area (Å²) in [5.41, 5.74) is 0.706. The van der Waals surface area contributed by atoms with E-state index in [1.54, 1.807) is 16.7 Å². The molecule has 2 bridgehead atoms. The predicted molar refractivity (Wildman–Crippen MR) is 137 cm³/mol. The highest BCUT2D eigenvalue weighted by Crippen LogP contribution is 2.68. The minimum atomic E-state index is -0.647. The smallest absolute Gasteiger partial charge is 0.244 e. The van der Waals surface area contributed by atoms with Crippen LogP contribution in [0.1, 0.15) is 19.8 Å². The third kappa shape index (κ3) is 4.42. The van der Waals surface area contributed by atoms with Crippen LogP contribution in [0.4, 0.5) is 5.69 Å². The largest absolute Gasteiger partial charge is 0.396 e. The molecule has 4 heterocycles. The number of amides is 3. The van der Waals surface area contributed by atoms with Gasteiger partial charge in [0.1, 0.15) is 6.04 Å². The number of ether oxygens (including phenoxy) is 1. The van der Waals surface area contributed by atoms with Crippen molar-refractivity contribution in [1.82, 2.24) is 15.1 Å². The summed E-state index contributed by atoms with van der Waals surface area (Å²) in [5, 5.41) is 15.6. The Kier molecular flexibility index (Phi) is 7.57. The van der Waals surface area contributed by atoms with Gasteiger partial charge in [-0.3, -0.25) is 19.3 Å². The van der Waals surface area contributed by atoms with Crippen molar-refractivity contribution in [2.75, 3.05) is 57.9 Å². The predicted octanol–water partition coefficient (Wildman–Crippen LogP) is 0.793. The van der Waals surface area contributed by atoms with Crippen molar-refractivity contribution in [3.05, 3.63) is 30.3 Å². The van der Waals surface area contributed by atoms with E-state index in [0.717, 1.165) is 26.1 Å². The second-order valence-corrected chi connectivity index (χ2v) is 11.8. The number of likely N-dealkylation sites (tertiary alicyclic amines) is 1. The Bertz CT molecular complexity index is 974. The molecule has 4 saturated heterocycles. The van der Waals surface area contributed by atoms with Crippen LogP contribution in [0.25, 0.3) is 0 Å². The fraction of sp³-hybridized carbons (Fsp3) is 0.654. The van der Waals surface area contributed by atoms with E-state index in [1.165, 1.54) is 0 Å². The zero-order chi connectivity index (χ0) is 25.3. The molecule has 0 aliphatic carbocycles. The van der Waals surface area contributed by atoms with Crippen LogP contribution in [0.5, 0.6) is 0 Å². The van der Waals surface area contributed by atoms with E-state index in [9.17, 15) is 19.5 Å². The van der Waals surface area contributed by atoms with Crippen molar-refractivity contribution >= 4 is 35.2 Å². The van der Waals surface area contributed by atoms with Crippen LogP contribution in [0.2, 0.25) is 0 Å². The van der Waals surface area contributed by atoms with E-state index >= 15 is 0 Å². The maximum Gasteiger partial charge on any atom is 0.244 e. The van der Waals surface area contributed by atoms with Crippen LogP contribution in [0, 0.1) is 17.8 Å². The molecule has 10 heteroatoms. The van der Waals surface area contributed by atoms with Gasteiger partial charge in [0.05, 0.1) is 29.8 Å². The Labute approximate surface area is 216 Å². The van der Waals surface area contributed by atoms with Gasteiger partial charge in [0.2, 0.25) is 17.7 Å². The van der Waals surface area contributed by atoms with Crippen LogP contribution in [0.15, 0.2) is 30.3 Å². The summed E-state index contributed by atoms with van der Waals surface area (Å²) in [4.78, 5) is 45.0. The summed E-state index contributed by atoms with van der Waals surface area (Å²) < 4.78 is 4.76. The van der Waals surface area contributed by atoms with Crippen molar-refractivity contribution in [2.45, 2.75) is 35.8 Å². The van der Waals surface area contributed by atoms with Gasteiger partial charge in [0.25, 0.3) is 0 Å². The number of benzene rings is 1. The number of hydrogen-bond acceptors (Lipinski definition) is 7. The maximum absolute atomic E-state index is 13.9. The molecule has 6 atom stereocenters. The number of aliphatic hydroxyl groups excluding tert-OH is 1. The molecule has 1 aromatic rings. The molecule has 1 spiro atoms. The van der Waals surface area contributed by atoms with Gasteiger partial charge >= 0.3 is 0 Å². The van der Waals surface area contributed by atoms with E-state index in [-0.39, 0.29) is 35.5 Å². The number of rotatable bonds is 9. The van der Waals surface area contributed by atoms with Gasteiger partial charge in [0, 0.05) is 50.3 Å². The van der Waals surface area contributed by atoms with Gasteiger partial charge in [-0.05, 0) is 30.9 Å². The number of fused-ring (bicyclic) bond motifs is 1. The average Bonchev–Trinajstić information content (AvgIpc) is 3.47. The number of para-hydroxylation sites is 1. The van der Waals surface area contributed by atoms with E-state index < -0.39 is 22.6 Å². The van der Waals surface area contributed by atoms with Crippen LogP contribution in [-0.2, 0) is 19.1 Å². The van der Waals surface area contributed by atoms with Gasteiger partial charge in [-0.25, -0.2) is 0 Å². The Hall–Kier alpha value is -2.14. The molecule has 3 unspecified atom stereocenters. The highest BCUT2D eigenvalue weighted by atomic mass is 32.2. The van der Waals surface area contributed by atoms with Crippen molar-refractivity contribution in [3.8, 4) is 0 Å². The van der Waals surface area contributed by atoms with Gasteiger partial charge in [-0.1, -0.05) is 25.1 Å². The quantitative estimate of drug-likeness (QED) is 0.445. The lowest BCUT2D eigenvalue weighted by Gasteiger charge is -2.38. The first-order valence-electron chi connectivity index (χ1n) is 13.0. The molecular weight excluding hydrogens is 480 g/mol. The summed E-state index contributed by atoms with van der Waals surface area (Å²) in [6, 6.07) is 8.65. The minimum absolute atomic E-state index is 0.00121. The summed E-state index contributed by atoms with van der Waals surface area (Å²) in [5.74, 6) is -1.35. The van der Waals surface area contributed by atoms with E-state index in [1.807, 2.05) is 30.3 Å². The average molecular weight is 517 g/mol. The summed E-state index contributed by atoms with van der Waals surface area (Å²) in [7, 11) is 0. The zero-order valence-electron chi connectivity index (χ0n) is 20.7. The van der Waals surface area contributed by atoms with Crippen molar-refractivity contribution < 1.29 is 24.2 Å². The highest BCUT2D eigenvalue weighted by Gasteiger charge is 2.75. The number of nitrogens with zero attached hydrogens (tertiary/aromatic N) is 2. The summed E-state index contributed by atoms with van der Waals surface area (Å²) >= 11 is 1.67. The van der Waals surface area contributed by atoms with E-state index in [4.69, 9.17) is 4.74 Å². The molecule has 3 N–H and O–H groups in total. The Morgan fingerprint density at radius 1 is 1.17 bits per heavy atom. The second kappa shape index (κ2) is 10.7. The third-order valence-corrected chi connectivity index (χ3v) is 10.3. The number of nitrogens with one attached hydrogen (secondary N) is 2. The lowest BCUT2D eigenvalue weighted by molar-refractivity contribution is -0.139. The SMILES string of the molecule is CC1C[C@@H]2SC13C(C(=O)NCCN1CCOCC1)N(CCCO)C(=O)[C@@H]3[C@@H]2C(=O)Nc1ccccc1. The lowest BCUT2D eigenvalue weighted by atomic mass is 9.66. The fourth-order valence-corrected chi connectivity index (χ4v) is 9.03. The van der Waals surface area contributed by atoms with Gasteiger partial charge in [-0.2, -0.15) is 0 Å². The molecule has 5 rings (SSSR count). The molecule has 196 valence electrons. The first-order valence-corrected chi connectivity index (χ1v) is 13.9. The standard InChI is InChI=1S/C26H36N4O5S/c1-17-16-19-20(23(32)28-18-6-3-2-4-7-18)21-25(34)30(9-5-13-31)22(26(17,21)36-19)24(33)27-8-10-29-11-14-35-15-12-29/h2-4,6-7,17,19-22,31H,5,8-16H2,1H3,(H,27,33)(H,28,32)/t17?,19-,20+,21-,22?,26?/m0/s1. The molecule has 1 aromatic carbocycles. The van der Waals surface area contributed by atoms with Crippen LogP contribution in [0.3, 0.4) is 0 Å². The summed E-state index contributed by atoms with van der Waals surface area (Å²) in [6.45, 7) is 6.69. The molecule has 3 amide bonds. The second-order valence-electron chi connectivity index (χ2n) is 10.3. The van der Waals surface area contributed by atoms with Crippen molar-refractivity contribution in [2.24, 2.45) is 17.8 Å². The molecule has 0 radical (unpaired) electrons. The van der Waals surface area contributed by atoms with Crippen molar-refractivity contribution in [1.29, 1.82) is 0 Å². The third-order valence-electron chi connectivity index (χ3n) is 8.23. The number of carbonyl (C=O) groups excluding carboxylic acids is 3. The molecule has 36 heavy (non-hydrogen) atoms. The molecule has 9 nitrogen and oxygen atoms in total. The van der Waals surface area contributed by atoms with Crippen LogP contribution in [-0.4, -0.2) is 101 Å². The normalized spacial score (nSPS) is 33.6. The monoisotopic (exact) mass is 516 g/mol. The first kappa shape index (κ1) is 25.5. The van der Waals surface area contributed by atoms with Crippen molar-refractivity contribution in [3.63, 3.8) is 0 Å². The number of aliphatic hydroxyl groups is 1. The molecule has 4 aliphatic heterocycles. The summed E-state index contributed by atoms with van der Waals surface area (Å²) in [6.07, 6.45) is 1.20. The highest BCUT2D eigenvalue weighted by molar-refractivity contribution is 8.02. The Morgan fingerprint density at radius 3 is 2.64 bits per heavy atom.